The lowest BCUT2D eigenvalue weighted by molar-refractivity contribution is -0.389. The van der Waals surface area contributed by atoms with Crippen LogP contribution in [0.1, 0.15) is 5.69 Å². The van der Waals surface area contributed by atoms with Crippen LogP contribution in [0.4, 0.5) is 11.5 Å². The van der Waals surface area contributed by atoms with Gasteiger partial charge in [-0.3, -0.25) is 4.79 Å². The topological polar surface area (TPSA) is 117 Å². The number of amides is 1. The summed E-state index contributed by atoms with van der Waals surface area (Å²) < 4.78 is 8.32. The van der Waals surface area contributed by atoms with E-state index in [9.17, 15) is 14.9 Å². The van der Waals surface area contributed by atoms with Crippen molar-refractivity contribution in [3.8, 4) is 5.75 Å². The molecular weight excluding hydrogens is 376 g/mol. The van der Waals surface area contributed by atoms with Gasteiger partial charge < -0.3 is 20.2 Å². The SMILES string of the molecule is Cc1cc([N+](=O)[O-])nn1CC(=O)Nc1cnn(COc2cccc(Cl)c2)c1. The zero-order valence-corrected chi connectivity index (χ0v) is 15.0. The van der Waals surface area contributed by atoms with Gasteiger partial charge in [0.25, 0.3) is 0 Å². The average Bonchev–Trinajstić information content (AvgIpc) is 3.20. The molecule has 1 amide bonds. The number of rotatable bonds is 7. The van der Waals surface area contributed by atoms with Crippen molar-refractivity contribution in [1.29, 1.82) is 0 Å². The Bertz CT molecular complexity index is 983. The number of nitrogens with one attached hydrogen (secondary N) is 1. The molecule has 3 rings (SSSR count). The van der Waals surface area contributed by atoms with Crippen LogP contribution in [0.3, 0.4) is 0 Å². The minimum atomic E-state index is -0.606. The van der Waals surface area contributed by atoms with Gasteiger partial charge in [-0.05, 0) is 30.0 Å². The van der Waals surface area contributed by atoms with Crippen LogP contribution in [0.25, 0.3) is 0 Å². The number of carbonyl (C=O) groups excluding carboxylic acids is 1. The first-order valence-corrected chi connectivity index (χ1v) is 8.18. The standard InChI is InChI=1S/C16H15ClN6O4/c1-11-5-15(23(25)26)20-22(11)9-16(24)19-13-7-18-21(8-13)10-27-14-4-2-3-12(17)6-14/h2-8H,9-10H2,1H3,(H,19,24). The minimum absolute atomic E-state index is 0.140. The molecule has 1 aromatic carbocycles. The lowest BCUT2D eigenvalue weighted by atomic mass is 10.3. The summed E-state index contributed by atoms with van der Waals surface area (Å²) in [6, 6.07) is 8.27. The molecule has 2 aromatic heterocycles. The maximum Gasteiger partial charge on any atom is 0.390 e. The molecule has 0 fully saturated rings. The number of hydrogen-bond acceptors (Lipinski definition) is 6. The fourth-order valence-corrected chi connectivity index (χ4v) is 2.46. The second kappa shape index (κ2) is 7.87. The van der Waals surface area contributed by atoms with Crippen LogP contribution >= 0.6 is 11.6 Å². The van der Waals surface area contributed by atoms with Crippen LogP contribution in [0, 0.1) is 17.0 Å². The molecule has 11 heteroatoms. The number of benzene rings is 1. The van der Waals surface area contributed by atoms with Gasteiger partial charge in [-0.15, -0.1) is 0 Å². The van der Waals surface area contributed by atoms with E-state index in [1.54, 1.807) is 37.4 Å². The Hall–Kier alpha value is -3.40. The Morgan fingerprint density at radius 1 is 1.41 bits per heavy atom. The Labute approximate surface area is 158 Å². The molecule has 10 nitrogen and oxygen atoms in total. The largest absolute Gasteiger partial charge is 0.471 e. The molecule has 0 aliphatic heterocycles. The number of aromatic nitrogens is 4. The summed E-state index contributed by atoms with van der Waals surface area (Å²) in [6.07, 6.45) is 3.07. The molecule has 140 valence electrons. The second-order valence-corrected chi connectivity index (χ2v) is 6.04. The third-order valence-corrected chi connectivity index (χ3v) is 3.76. The Kier molecular flexibility index (Phi) is 5.36. The van der Waals surface area contributed by atoms with Crippen molar-refractivity contribution in [2.45, 2.75) is 20.2 Å². The summed E-state index contributed by atoms with van der Waals surface area (Å²) in [5.74, 6) is -0.0861. The molecule has 0 saturated heterocycles. The first-order valence-electron chi connectivity index (χ1n) is 7.80. The van der Waals surface area contributed by atoms with E-state index in [2.05, 4.69) is 15.5 Å². The summed E-state index contributed by atoms with van der Waals surface area (Å²) in [7, 11) is 0. The molecule has 0 unspecified atom stereocenters. The molecule has 0 bridgehead atoms. The molecule has 0 saturated carbocycles. The van der Waals surface area contributed by atoms with Crippen LogP contribution in [0.5, 0.6) is 5.75 Å². The van der Waals surface area contributed by atoms with Crippen molar-refractivity contribution in [1.82, 2.24) is 19.6 Å². The maximum absolute atomic E-state index is 12.1. The summed E-state index contributed by atoms with van der Waals surface area (Å²) in [5, 5.41) is 21.8. The molecular formula is C16H15ClN6O4. The third kappa shape index (κ3) is 4.82. The van der Waals surface area contributed by atoms with Crippen molar-refractivity contribution in [2.75, 3.05) is 5.32 Å². The van der Waals surface area contributed by atoms with E-state index in [1.807, 2.05) is 0 Å². The molecule has 1 N–H and O–H groups in total. The number of anilines is 1. The van der Waals surface area contributed by atoms with E-state index in [4.69, 9.17) is 16.3 Å². The predicted octanol–water partition coefficient (Wildman–Crippen LogP) is 2.62. The summed E-state index contributed by atoms with van der Waals surface area (Å²) >= 11 is 5.89. The van der Waals surface area contributed by atoms with Gasteiger partial charge in [0.05, 0.1) is 34.9 Å². The predicted molar refractivity (Wildman–Crippen MR) is 96.6 cm³/mol. The van der Waals surface area contributed by atoms with Crippen LogP contribution in [0.2, 0.25) is 5.02 Å². The minimum Gasteiger partial charge on any atom is -0.471 e. The van der Waals surface area contributed by atoms with Crippen LogP contribution < -0.4 is 10.1 Å². The van der Waals surface area contributed by atoms with Crippen molar-refractivity contribution >= 4 is 29.0 Å². The van der Waals surface area contributed by atoms with E-state index in [1.165, 1.54) is 21.6 Å². The van der Waals surface area contributed by atoms with Gasteiger partial charge in [-0.1, -0.05) is 17.7 Å². The number of halogens is 1. The summed E-state index contributed by atoms with van der Waals surface area (Å²) in [4.78, 5) is 22.2. The zero-order chi connectivity index (χ0) is 19.4. The molecule has 2 heterocycles. The van der Waals surface area contributed by atoms with Gasteiger partial charge in [-0.25, -0.2) is 4.68 Å². The van der Waals surface area contributed by atoms with Crippen LogP contribution in [-0.2, 0) is 18.1 Å². The van der Waals surface area contributed by atoms with E-state index < -0.39 is 4.92 Å². The van der Waals surface area contributed by atoms with E-state index >= 15 is 0 Å². The highest BCUT2D eigenvalue weighted by atomic mass is 35.5. The van der Waals surface area contributed by atoms with E-state index in [-0.39, 0.29) is 25.0 Å². The van der Waals surface area contributed by atoms with Crippen molar-refractivity contribution in [2.24, 2.45) is 0 Å². The highest BCUT2D eigenvalue weighted by Crippen LogP contribution is 2.17. The first kappa shape index (κ1) is 18.4. The molecule has 0 spiro atoms. The van der Waals surface area contributed by atoms with Crippen molar-refractivity contribution < 1.29 is 14.5 Å². The van der Waals surface area contributed by atoms with Gasteiger partial charge in [0.15, 0.2) is 6.73 Å². The first-order chi connectivity index (χ1) is 12.9. The fourth-order valence-electron chi connectivity index (χ4n) is 2.27. The highest BCUT2D eigenvalue weighted by Gasteiger charge is 2.17. The monoisotopic (exact) mass is 390 g/mol. The summed E-state index contributed by atoms with van der Waals surface area (Å²) in [6.45, 7) is 1.63. The van der Waals surface area contributed by atoms with Gasteiger partial charge >= 0.3 is 5.82 Å². The van der Waals surface area contributed by atoms with Crippen molar-refractivity contribution in [3.63, 3.8) is 0 Å². The van der Waals surface area contributed by atoms with Gasteiger partial charge in [0.2, 0.25) is 5.91 Å². The average molecular weight is 391 g/mol. The number of nitrogens with zero attached hydrogens (tertiary/aromatic N) is 5. The number of aryl methyl sites for hydroxylation is 1. The van der Waals surface area contributed by atoms with Crippen molar-refractivity contribution in [3.05, 3.63) is 63.6 Å². The van der Waals surface area contributed by atoms with Crippen LogP contribution in [-0.4, -0.2) is 30.4 Å². The Morgan fingerprint density at radius 2 is 2.22 bits per heavy atom. The smallest absolute Gasteiger partial charge is 0.390 e. The highest BCUT2D eigenvalue weighted by molar-refractivity contribution is 6.30. The molecule has 0 aliphatic carbocycles. The third-order valence-electron chi connectivity index (χ3n) is 3.53. The van der Waals surface area contributed by atoms with Gasteiger partial charge in [-0.2, -0.15) is 9.78 Å². The summed E-state index contributed by atoms with van der Waals surface area (Å²) in [5.41, 5.74) is 0.983. The number of ether oxygens (including phenoxy) is 1. The second-order valence-electron chi connectivity index (χ2n) is 5.61. The molecule has 0 atom stereocenters. The Balaban J connectivity index is 1.55. The zero-order valence-electron chi connectivity index (χ0n) is 14.2. The van der Waals surface area contributed by atoms with Crippen LogP contribution in [0.15, 0.2) is 42.7 Å². The molecule has 0 aliphatic rings. The normalized spacial score (nSPS) is 10.6. The maximum atomic E-state index is 12.1. The number of nitro groups is 1. The molecule has 3 aromatic rings. The van der Waals surface area contributed by atoms with E-state index in [0.717, 1.165) is 0 Å². The lowest BCUT2D eigenvalue weighted by Gasteiger charge is -2.06. The van der Waals surface area contributed by atoms with Gasteiger partial charge in [0, 0.05) is 5.02 Å². The number of hydrogen-bond donors (Lipinski definition) is 1. The van der Waals surface area contributed by atoms with Gasteiger partial charge in [0.1, 0.15) is 12.3 Å². The van der Waals surface area contributed by atoms with E-state index in [0.29, 0.717) is 22.2 Å². The number of carbonyl (C=O) groups is 1. The quantitative estimate of drug-likeness (QED) is 0.489. The lowest BCUT2D eigenvalue weighted by Crippen LogP contribution is -2.20. The fraction of sp³-hybridized carbons (Fsp3) is 0.188. The molecule has 27 heavy (non-hydrogen) atoms. The Morgan fingerprint density at radius 3 is 2.93 bits per heavy atom. The molecule has 0 radical (unpaired) electrons.